The summed E-state index contributed by atoms with van der Waals surface area (Å²) in [5, 5.41) is 3.84. The summed E-state index contributed by atoms with van der Waals surface area (Å²) < 4.78 is 0. The number of hydrogen-bond acceptors (Lipinski definition) is 3. The Labute approximate surface area is 171 Å². The van der Waals surface area contributed by atoms with Crippen molar-refractivity contribution in [2.24, 2.45) is 0 Å². The molecule has 0 unspecified atom stereocenters. The maximum absolute atomic E-state index is 13.1. The van der Waals surface area contributed by atoms with Gasteiger partial charge < -0.3 is 10.2 Å². The highest BCUT2D eigenvalue weighted by Crippen LogP contribution is 2.24. The molecule has 0 aliphatic rings. The number of carbonyl (C=O) groups excluding carboxylic acids is 2. The second-order valence-electron chi connectivity index (χ2n) is 7.45. The molecule has 0 atom stereocenters. The minimum absolute atomic E-state index is 0.0337. The topological polar surface area (TPSA) is 62.3 Å². The van der Waals surface area contributed by atoms with Crippen molar-refractivity contribution in [3.8, 4) is 0 Å². The van der Waals surface area contributed by atoms with E-state index in [2.05, 4.69) is 24.1 Å². The first-order chi connectivity index (χ1) is 13.9. The van der Waals surface area contributed by atoms with E-state index in [1.54, 1.807) is 11.8 Å². The molecular formula is C24H27N3O2. The number of nitrogens with zero attached hydrogens (tertiary/aromatic N) is 2. The number of rotatable bonds is 6. The Morgan fingerprint density at radius 1 is 1.07 bits per heavy atom. The van der Waals surface area contributed by atoms with Crippen molar-refractivity contribution in [1.82, 2.24) is 9.88 Å². The number of hydrogen-bond donors (Lipinski definition) is 1. The van der Waals surface area contributed by atoms with E-state index in [1.165, 1.54) is 0 Å². The van der Waals surface area contributed by atoms with E-state index >= 15 is 0 Å². The summed E-state index contributed by atoms with van der Waals surface area (Å²) >= 11 is 0. The van der Waals surface area contributed by atoms with Crippen LogP contribution in [0.4, 0.5) is 5.69 Å². The molecule has 2 amide bonds. The lowest BCUT2D eigenvalue weighted by Crippen LogP contribution is -2.27. The largest absolute Gasteiger partial charge is 0.339 e. The molecule has 1 heterocycles. The Morgan fingerprint density at radius 3 is 2.52 bits per heavy atom. The maximum atomic E-state index is 13.1. The average molecular weight is 389 g/mol. The molecule has 29 heavy (non-hydrogen) atoms. The summed E-state index contributed by atoms with van der Waals surface area (Å²) in [5.74, 6) is 0.0917. The number of benzene rings is 2. The zero-order valence-electron chi connectivity index (χ0n) is 17.4. The van der Waals surface area contributed by atoms with E-state index in [9.17, 15) is 9.59 Å². The van der Waals surface area contributed by atoms with Gasteiger partial charge in [-0.2, -0.15) is 0 Å². The fourth-order valence-corrected chi connectivity index (χ4v) is 3.29. The van der Waals surface area contributed by atoms with Gasteiger partial charge in [0.25, 0.3) is 5.91 Å². The Bertz CT molecular complexity index is 1040. The summed E-state index contributed by atoms with van der Waals surface area (Å²) in [6.07, 6.45) is 0. The van der Waals surface area contributed by atoms with Gasteiger partial charge in [0, 0.05) is 36.8 Å². The zero-order chi connectivity index (χ0) is 21.0. The lowest BCUT2D eigenvalue weighted by atomic mass is 10.0. The van der Waals surface area contributed by atoms with Gasteiger partial charge in [-0.15, -0.1) is 0 Å². The normalized spacial score (nSPS) is 10.9. The van der Waals surface area contributed by atoms with Crippen LogP contribution in [0.1, 0.15) is 55.2 Å². The molecule has 5 nitrogen and oxygen atoms in total. The zero-order valence-corrected chi connectivity index (χ0v) is 17.4. The van der Waals surface area contributed by atoms with Gasteiger partial charge in [-0.1, -0.05) is 44.2 Å². The van der Waals surface area contributed by atoms with E-state index in [0.29, 0.717) is 24.3 Å². The van der Waals surface area contributed by atoms with E-state index in [0.717, 1.165) is 22.2 Å². The molecule has 0 saturated heterocycles. The van der Waals surface area contributed by atoms with Gasteiger partial charge in [0.15, 0.2) is 0 Å². The van der Waals surface area contributed by atoms with Crippen molar-refractivity contribution >= 4 is 28.4 Å². The predicted molar refractivity (Wildman–Crippen MR) is 117 cm³/mol. The molecular weight excluding hydrogens is 362 g/mol. The number of nitrogens with one attached hydrogen (secondary N) is 1. The van der Waals surface area contributed by atoms with E-state index in [-0.39, 0.29) is 17.7 Å². The molecule has 5 heteroatoms. The number of para-hydroxylation sites is 1. The Morgan fingerprint density at radius 2 is 1.83 bits per heavy atom. The standard InChI is InChI=1S/C24H27N3O2/c1-5-27(17(4)28)15-18-9-8-10-19(13-18)25-24(29)21-14-23(16(2)3)26-22-12-7-6-11-20(21)22/h6-14,16H,5,15H2,1-4H3,(H,25,29). The van der Waals surface area contributed by atoms with Crippen LogP contribution in [0.25, 0.3) is 10.9 Å². The Hall–Kier alpha value is -3.21. The van der Waals surface area contributed by atoms with Crippen molar-refractivity contribution < 1.29 is 9.59 Å². The van der Waals surface area contributed by atoms with Crippen molar-refractivity contribution in [3.05, 3.63) is 71.4 Å². The van der Waals surface area contributed by atoms with Crippen LogP contribution in [0.3, 0.4) is 0 Å². The van der Waals surface area contributed by atoms with Crippen LogP contribution in [-0.4, -0.2) is 28.2 Å². The highest BCUT2D eigenvalue weighted by Gasteiger charge is 2.15. The SMILES string of the molecule is CCN(Cc1cccc(NC(=O)c2cc(C(C)C)nc3ccccc23)c1)C(C)=O. The van der Waals surface area contributed by atoms with Crippen molar-refractivity contribution in [2.45, 2.75) is 40.2 Å². The molecule has 0 radical (unpaired) electrons. The van der Waals surface area contributed by atoms with Gasteiger partial charge in [0.2, 0.25) is 5.91 Å². The molecule has 0 aliphatic heterocycles. The first-order valence-corrected chi connectivity index (χ1v) is 9.94. The predicted octanol–water partition coefficient (Wildman–Crippen LogP) is 4.98. The molecule has 0 spiro atoms. The molecule has 2 aromatic carbocycles. The van der Waals surface area contributed by atoms with Gasteiger partial charge in [-0.3, -0.25) is 14.6 Å². The van der Waals surface area contributed by atoms with E-state index < -0.39 is 0 Å². The molecule has 3 rings (SSSR count). The van der Waals surface area contributed by atoms with Crippen LogP contribution >= 0.6 is 0 Å². The molecule has 1 aromatic heterocycles. The fourth-order valence-electron chi connectivity index (χ4n) is 3.29. The highest BCUT2D eigenvalue weighted by molar-refractivity contribution is 6.12. The summed E-state index contributed by atoms with van der Waals surface area (Å²) in [4.78, 5) is 31.2. The van der Waals surface area contributed by atoms with Crippen LogP contribution in [0.15, 0.2) is 54.6 Å². The molecule has 1 N–H and O–H groups in total. The molecule has 0 saturated carbocycles. The van der Waals surface area contributed by atoms with Gasteiger partial charge >= 0.3 is 0 Å². The van der Waals surface area contributed by atoms with E-state index in [1.807, 2.05) is 61.5 Å². The lowest BCUT2D eigenvalue weighted by molar-refractivity contribution is -0.129. The monoisotopic (exact) mass is 389 g/mol. The molecule has 0 fully saturated rings. The van der Waals surface area contributed by atoms with Gasteiger partial charge in [0.1, 0.15) is 0 Å². The van der Waals surface area contributed by atoms with Crippen LogP contribution in [0, 0.1) is 0 Å². The third-order valence-electron chi connectivity index (χ3n) is 4.96. The van der Waals surface area contributed by atoms with Gasteiger partial charge in [-0.25, -0.2) is 0 Å². The van der Waals surface area contributed by atoms with Crippen LogP contribution in [-0.2, 0) is 11.3 Å². The van der Waals surface area contributed by atoms with Crippen molar-refractivity contribution in [1.29, 1.82) is 0 Å². The summed E-state index contributed by atoms with van der Waals surface area (Å²) in [6.45, 7) is 8.82. The molecule has 0 aliphatic carbocycles. The van der Waals surface area contributed by atoms with Crippen LogP contribution in [0.2, 0.25) is 0 Å². The molecule has 150 valence electrons. The number of carbonyl (C=O) groups is 2. The smallest absolute Gasteiger partial charge is 0.256 e. The molecule has 0 bridgehead atoms. The number of aromatic nitrogens is 1. The Kier molecular flexibility index (Phi) is 6.27. The maximum Gasteiger partial charge on any atom is 0.256 e. The van der Waals surface area contributed by atoms with Crippen molar-refractivity contribution in [3.63, 3.8) is 0 Å². The average Bonchev–Trinajstić information content (AvgIpc) is 2.71. The minimum Gasteiger partial charge on any atom is -0.339 e. The van der Waals surface area contributed by atoms with Crippen LogP contribution in [0.5, 0.6) is 0 Å². The third kappa shape index (κ3) is 4.80. The fraction of sp³-hybridized carbons (Fsp3) is 0.292. The number of amides is 2. The van der Waals surface area contributed by atoms with Gasteiger partial charge in [0.05, 0.1) is 11.1 Å². The number of pyridine rings is 1. The number of fused-ring (bicyclic) bond motifs is 1. The highest BCUT2D eigenvalue weighted by atomic mass is 16.2. The third-order valence-corrected chi connectivity index (χ3v) is 4.96. The van der Waals surface area contributed by atoms with E-state index in [4.69, 9.17) is 0 Å². The first kappa shape index (κ1) is 20.5. The number of anilines is 1. The minimum atomic E-state index is -0.165. The van der Waals surface area contributed by atoms with Crippen molar-refractivity contribution in [2.75, 3.05) is 11.9 Å². The second-order valence-corrected chi connectivity index (χ2v) is 7.45. The summed E-state index contributed by atoms with van der Waals surface area (Å²) in [5.41, 5.74) is 4.00. The first-order valence-electron chi connectivity index (χ1n) is 9.94. The lowest BCUT2D eigenvalue weighted by Gasteiger charge is -2.19. The van der Waals surface area contributed by atoms with Gasteiger partial charge in [-0.05, 0) is 42.7 Å². The summed E-state index contributed by atoms with van der Waals surface area (Å²) in [7, 11) is 0. The summed E-state index contributed by atoms with van der Waals surface area (Å²) in [6, 6.07) is 17.2. The second kappa shape index (κ2) is 8.86. The molecule has 3 aromatic rings. The van der Waals surface area contributed by atoms with Crippen LogP contribution < -0.4 is 5.32 Å². The Balaban J connectivity index is 1.89. The quantitative estimate of drug-likeness (QED) is 0.647.